The highest BCUT2D eigenvalue weighted by atomic mass is 14.0. The van der Waals surface area contributed by atoms with Crippen molar-refractivity contribution in [1.29, 1.82) is 0 Å². The van der Waals surface area contributed by atoms with Gasteiger partial charge in [-0.3, -0.25) is 0 Å². The van der Waals surface area contributed by atoms with Crippen LogP contribution in [0.3, 0.4) is 0 Å². The standard InChI is InChI=1S/C11H20/c1-5-7-11(6-2)9-8-10(3)4/h5,8-11H,1,6-7H2,2-4H3/b9-8+. The van der Waals surface area contributed by atoms with Crippen molar-refractivity contribution in [3.8, 4) is 0 Å². The van der Waals surface area contributed by atoms with Gasteiger partial charge in [0, 0.05) is 0 Å². The van der Waals surface area contributed by atoms with E-state index in [2.05, 4.69) is 39.5 Å². The summed E-state index contributed by atoms with van der Waals surface area (Å²) in [5.74, 6) is 1.38. The molecule has 0 fully saturated rings. The average molecular weight is 152 g/mol. The molecule has 0 rings (SSSR count). The van der Waals surface area contributed by atoms with Gasteiger partial charge in [-0.15, -0.1) is 6.58 Å². The predicted octanol–water partition coefficient (Wildman–Crippen LogP) is 3.80. The summed E-state index contributed by atoms with van der Waals surface area (Å²) in [5.41, 5.74) is 0. The summed E-state index contributed by atoms with van der Waals surface area (Å²) >= 11 is 0. The summed E-state index contributed by atoms with van der Waals surface area (Å²) in [6.07, 6.45) is 8.91. The van der Waals surface area contributed by atoms with Crippen molar-refractivity contribution in [2.24, 2.45) is 11.8 Å². The van der Waals surface area contributed by atoms with Crippen LogP contribution in [0, 0.1) is 11.8 Å². The van der Waals surface area contributed by atoms with Crippen LogP contribution in [0.25, 0.3) is 0 Å². The molecular weight excluding hydrogens is 132 g/mol. The SMILES string of the molecule is C=CCC(/C=C/C(C)C)CC. The van der Waals surface area contributed by atoms with Crippen LogP contribution in [-0.2, 0) is 0 Å². The predicted molar refractivity (Wildman–Crippen MR) is 52.6 cm³/mol. The topological polar surface area (TPSA) is 0 Å². The van der Waals surface area contributed by atoms with Crippen LogP contribution < -0.4 is 0 Å². The van der Waals surface area contributed by atoms with Crippen LogP contribution >= 0.6 is 0 Å². The molecule has 0 aliphatic heterocycles. The molecule has 0 aliphatic rings. The van der Waals surface area contributed by atoms with E-state index in [0.29, 0.717) is 11.8 Å². The number of rotatable bonds is 5. The molecule has 0 spiro atoms. The van der Waals surface area contributed by atoms with Crippen LogP contribution in [0.4, 0.5) is 0 Å². The van der Waals surface area contributed by atoms with E-state index in [1.54, 1.807) is 0 Å². The summed E-state index contributed by atoms with van der Waals surface area (Å²) < 4.78 is 0. The van der Waals surface area contributed by atoms with Gasteiger partial charge in [0.25, 0.3) is 0 Å². The Balaban J connectivity index is 3.75. The van der Waals surface area contributed by atoms with Crippen LogP contribution in [0.2, 0.25) is 0 Å². The molecule has 1 unspecified atom stereocenters. The van der Waals surface area contributed by atoms with Crippen molar-refractivity contribution in [1.82, 2.24) is 0 Å². The fourth-order valence-corrected chi connectivity index (χ4v) is 0.975. The second-order valence-corrected chi connectivity index (χ2v) is 3.32. The van der Waals surface area contributed by atoms with E-state index in [1.807, 2.05) is 6.08 Å². The Hall–Kier alpha value is -0.520. The molecular formula is C11H20. The van der Waals surface area contributed by atoms with Crippen LogP contribution in [-0.4, -0.2) is 0 Å². The fourth-order valence-electron chi connectivity index (χ4n) is 0.975. The van der Waals surface area contributed by atoms with Crippen molar-refractivity contribution >= 4 is 0 Å². The molecule has 64 valence electrons. The Morgan fingerprint density at radius 3 is 2.27 bits per heavy atom. The van der Waals surface area contributed by atoms with Gasteiger partial charge in [0.2, 0.25) is 0 Å². The Morgan fingerprint density at radius 1 is 1.27 bits per heavy atom. The molecule has 0 nitrogen and oxygen atoms in total. The van der Waals surface area contributed by atoms with Gasteiger partial charge < -0.3 is 0 Å². The first kappa shape index (κ1) is 10.5. The van der Waals surface area contributed by atoms with E-state index in [-0.39, 0.29) is 0 Å². The van der Waals surface area contributed by atoms with Crippen molar-refractivity contribution in [3.05, 3.63) is 24.8 Å². The zero-order chi connectivity index (χ0) is 8.69. The molecule has 0 aromatic rings. The van der Waals surface area contributed by atoms with Gasteiger partial charge >= 0.3 is 0 Å². The molecule has 0 amide bonds. The van der Waals surface area contributed by atoms with Gasteiger partial charge in [-0.2, -0.15) is 0 Å². The number of allylic oxidation sites excluding steroid dienone is 3. The lowest BCUT2D eigenvalue weighted by Gasteiger charge is -2.06. The summed E-state index contributed by atoms with van der Waals surface area (Å²) in [6.45, 7) is 10.4. The highest BCUT2D eigenvalue weighted by Gasteiger charge is 1.97. The molecule has 0 aromatic heterocycles. The zero-order valence-corrected chi connectivity index (χ0v) is 8.01. The van der Waals surface area contributed by atoms with E-state index in [4.69, 9.17) is 0 Å². The maximum Gasteiger partial charge on any atom is -0.0202 e. The van der Waals surface area contributed by atoms with E-state index >= 15 is 0 Å². The van der Waals surface area contributed by atoms with Crippen LogP contribution in [0.15, 0.2) is 24.8 Å². The number of hydrogen-bond acceptors (Lipinski definition) is 0. The molecule has 0 N–H and O–H groups in total. The minimum atomic E-state index is 0.675. The maximum atomic E-state index is 3.74. The number of hydrogen-bond donors (Lipinski definition) is 0. The summed E-state index contributed by atoms with van der Waals surface area (Å²) in [6, 6.07) is 0. The second-order valence-electron chi connectivity index (χ2n) is 3.32. The average Bonchev–Trinajstić information content (AvgIpc) is 1.97. The van der Waals surface area contributed by atoms with Gasteiger partial charge in [0.1, 0.15) is 0 Å². The second kappa shape index (κ2) is 6.21. The third-order valence-electron chi connectivity index (χ3n) is 1.76. The lowest BCUT2D eigenvalue weighted by molar-refractivity contribution is 0.631. The Kier molecular flexibility index (Phi) is 5.91. The normalized spacial score (nSPS) is 14.2. The molecule has 0 aliphatic carbocycles. The lowest BCUT2D eigenvalue weighted by Crippen LogP contribution is -1.92. The monoisotopic (exact) mass is 152 g/mol. The summed E-state index contributed by atoms with van der Waals surface area (Å²) in [4.78, 5) is 0. The summed E-state index contributed by atoms with van der Waals surface area (Å²) in [7, 11) is 0. The van der Waals surface area contributed by atoms with Gasteiger partial charge in [0.05, 0.1) is 0 Å². The molecule has 11 heavy (non-hydrogen) atoms. The summed E-state index contributed by atoms with van der Waals surface area (Å²) in [5, 5.41) is 0. The Bertz CT molecular complexity index is 120. The van der Waals surface area contributed by atoms with Crippen molar-refractivity contribution in [2.45, 2.75) is 33.6 Å². The van der Waals surface area contributed by atoms with Crippen molar-refractivity contribution in [2.75, 3.05) is 0 Å². The lowest BCUT2D eigenvalue weighted by atomic mass is 10.0. The van der Waals surface area contributed by atoms with Gasteiger partial charge in [-0.05, 0) is 24.7 Å². The smallest absolute Gasteiger partial charge is 0.0202 e. The van der Waals surface area contributed by atoms with E-state index in [9.17, 15) is 0 Å². The van der Waals surface area contributed by atoms with E-state index in [0.717, 1.165) is 6.42 Å². The molecule has 0 aromatic carbocycles. The maximum absolute atomic E-state index is 3.74. The quantitative estimate of drug-likeness (QED) is 0.526. The largest absolute Gasteiger partial charge is 0.103 e. The molecule has 0 saturated carbocycles. The van der Waals surface area contributed by atoms with Crippen LogP contribution in [0.5, 0.6) is 0 Å². The molecule has 1 atom stereocenters. The van der Waals surface area contributed by atoms with E-state index < -0.39 is 0 Å². The van der Waals surface area contributed by atoms with Crippen molar-refractivity contribution in [3.63, 3.8) is 0 Å². The molecule has 0 saturated heterocycles. The first-order valence-electron chi connectivity index (χ1n) is 4.49. The first-order chi connectivity index (χ1) is 5.20. The molecule has 0 bridgehead atoms. The third-order valence-corrected chi connectivity index (χ3v) is 1.76. The third kappa shape index (κ3) is 5.90. The first-order valence-corrected chi connectivity index (χ1v) is 4.49. The van der Waals surface area contributed by atoms with Crippen molar-refractivity contribution < 1.29 is 0 Å². The fraction of sp³-hybridized carbons (Fsp3) is 0.636. The zero-order valence-electron chi connectivity index (χ0n) is 8.01. The van der Waals surface area contributed by atoms with E-state index in [1.165, 1.54) is 6.42 Å². The van der Waals surface area contributed by atoms with Crippen LogP contribution in [0.1, 0.15) is 33.6 Å². The molecule has 0 heterocycles. The highest BCUT2D eigenvalue weighted by Crippen LogP contribution is 2.11. The minimum Gasteiger partial charge on any atom is -0.103 e. The van der Waals surface area contributed by atoms with Gasteiger partial charge in [0.15, 0.2) is 0 Å². The molecule has 0 heteroatoms. The molecule has 0 radical (unpaired) electrons. The van der Waals surface area contributed by atoms with Gasteiger partial charge in [-0.25, -0.2) is 0 Å². The highest BCUT2D eigenvalue weighted by molar-refractivity contribution is 4.92. The van der Waals surface area contributed by atoms with Gasteiger partial charge in [-0.1, -0.05) is 39.0 Å². The Morgan fingerprint density at radius 2 is 1.91 bits per heavy atom. The Labute approximate surface area is 71.0 Å². The minimum absolute atomic E-state index is 0.675.